The van der Waals surface area contributed by atoms with Gasteiger partial charge in [0, 0.05) is 22.3 Å². The summed E-state index contributed by atoms with van der Waals surface area (Å²) in [5.41, 5.74) is 0.410. The zero-order valence-corrected chi connectivity index (χ0v) is 26.6. The van der Waals surface area contributed by atoms with Crippen LogP contribution in [0.1, 0.15) is 56.1 Å². The number of phenols is 4. The van der Waals surface area contributed by atoms with E-state index < -0.39 is 45.4 Å². The lowest BCUT2D eigenvalue weighted by atomic mass is 10.00. The quantitative estimate of drug-likeness (QED) is 0.0554. The molecule has 0 saturated heterocycles. The molecule has 0 spiro atoms. The molecule has 10 heteroatoms. The van der Waals surface area contributed by atoms with Crippen molar-refractivity contribution in [2.75, 3.05) is 0 Å². The molecule has 10 nitrogen and oxygen atoms in total. The van der Waals surface area contributed by atoms with Gasteiger partial charge in [-0.3, -0.25) is 9.59 Å². The molecule has 0 aliphatic heterocycles. The van der Waals surface area contributed by atoms with Crippen LogP contribution in [0.3, 0.4) is 0 Å². The van der Waals surface area contributed by atoms with Crippen molar-refractivity contribution < 1.29 is 39.5 Å². The molecule has 6 aromatic rings. The maximum Gasteiger partial charge on any atom is 0.238 e. The van der Waals surface area contributed by atoms with E-state index in [1.54, 1.807) is 60.7 Å². The molecule has 0 bridgehead atoms. The van der Waals surface area contributed by atoms with Crippen molar-refractivity contribution in [1.82, 2.24) is 0 Å². The molecule has 2 heterocycles. The predicted octanol–water partition coefficient (Wildman–Crippen LogP) is 7.98. The second-order valence-corrected chi connectivity index (χ2v) is 12.1. The molecular formula is C39H36O10. The van der Waals surface area contributed by atoms with E-state index >= 15 is 0 Å². The van der Waals surface area contributed by atoms with Gasteiger partial charge in [-0.1, -0.05) is 92.8 Å². The molecule has 49 heavy (non-hydrogen) atoms. The number of hydrogen-bond acceptors (Lipinski definition) is 10. The minimum absolute atomic E-state index is 0.00847. The third kappa shape index (κ3) is 6.49. The van der Waals surface area contributed by atoms with Crippen molar-refractivity contribution in [1.29, 1.82) is 0 Å². The molecule has 6 rings (SSSR count). The first-order valence-corrected chi connectivity index (χ1v) is 16.2. The maximum atomic E-state index is 12.8. The van der Waals surface area contributed by atoms with Crippen LogP contribution in [0.4, 0.5) is 0 Å². The first-order chi connectivity index (χ1) is 23.7. The Labute approximate surface area is 280 Å². The highest BCUT2D eigenvalue weighted by molar-refractivity contribution is 5.91. The Kier molecular flexibility index (Phi) is 9.48. The van der Waals surface area contributed by atoms with E-state index in [9.17, 15) is 40.2 Å². The Bertz CT molecular complexity index is 2090. The predicted molar refractivity (Wildman–Crippen MR) is 186 cm³/mol. The number of unbranched alkanes of at least 4 members (excludes halogenated alkanes) is 6. The van der Waals surface area contributed by atoms with Gasteiger partial charge in [-0.2, -0.15) is 0 Å². The van der Waals surface area contributed by atoms with Crippen molar-refractivity contribution in [3.63, 3.8) is 0 Å². The minimum Gasteiger partial charge on any atom is -0.504 e. The molecule has 0 amide bonds. The summed E-state index contributed by atoms with van der Waals surface area (Å²) in [6, 6.07) is 20.4. The topological polar surface area (TPSA) is 182 Å². The third-order valence-electron chi connectivity index (χ3n) is 8.84. The van der Waals surface area contributed by atoms with Crippen LogP contribution in [0.15, 0.2) is 91.2 Å². The lowest BCUT2D eigenvalue weighted by Crippen LogP contribution is -2.04. The second-order valence-electron chi connectivity index (χ2n) is 12.1. The molecule has 252 valence electrons. The van der Waals surface area contributed by atoms with Crippen molar-refractivity contribution in [2.45, 2.75) is 57.8 Å². The number of hydrogen-bond donors (Lipinski definition) is 6. The first-order valence-electron chi connectivity index (χ1n) is 16.2. The summed E-state index contributed by atoms with van der Waals surface area (Å²) in [4.78, 5) is 25.7. The zero-order chi connectivity index (χ0) is 34.7. The Morgan fingerprint density at radius 2 is 0.776 bits per heavy atom. The molecule has 4 aromatic carbocycles. The standard InChI is InChI=1S/C39H36O10/c40-30-24(20-26-28(32(30)42)34(44)36(46)38(48-26)22-14-10-6-11-15-22)18-8-4-2-1-3-5-9-19-25-21-27-29(33(43)31(25)41)35(45)37(47)39(49-27)23-16-12-7-13-17-23/h6-7,10-17,20-21,40-43,46-47H,1-5,8-9,18-19H2. The van der Waals surface area contributed by atoms with Crippen LogP contribution in [0.2, 0.25) is 0 Å². The largest absolute Gasteiger partial charge is 0.504 e. The second kappa shape index (κ2) is 14.1. The SMILES string of the molecule is O=c1c(O)c(-c2ccccc2)oc2cc(CCCCCCCCCc3cc4oc(-c5ccccc5)c(O)c(=O)c4c(O)c3O)c(O)c(O)c12. The van der Waals surface area contributed by atoms with E-state index in [0.29, 0.717) is 35.1 Å². The van der Waals surface area contributed by atoms with Crippen LogP contribution < -0.4 is 10.9 Å². The van der Waals surface area contributed by atoms with Crippen molar-refractivity contribution in [3.05, 3.63) is 104 Å². The van der Waals surface area contributed by atoms with Crippen LogP contribution in [0.25, 0.3) is 44.6 Å². The van der Waals surface area contributed by atoms with Crippen LogP contribution in [0, 0.1) is 0 Å². The molecule has 0 aliphatic carbocycles. The fourth-order valence-electron chi connectivity index (χ4n) is 6.20. The van der Waals surface area contributed by atoms with Crippen molar-refractivity contribution >= 4 is 21.9 Å². The summed E-state index contributed by atoms with van der Waals surface area (Å²) in [5, 5.41) is 62.8. The Balaban J connectivity index is 1.02. The smallest absolute Gasteiger partial charge is 0.238 e. The average molecular weight is 665 g/mol. The molecule has 0 fully saturated rings. The van der Waals surface area contributed by atoms with Crippen LogP contribution in [0.5, 0.6) is 34.5 Å². The molecular weight excluding hydrogens is 628 g/mol. The van der Waals surface area contributed by atoms with Crippen molar-refractivity contribution in [3.8, 4) is 57.1 Å². The summed E-state index contributed by atoms with van der Waals surface area (Å²) in [7, 11) is 0. The van der Waals surface area contributed by atoms with Crippen LogP contribution >= 0.6 is 0 Å². The number of aromatic hydroxyl groups is 6. The van der Waals surface area contributed by atoms with E-state index in [-0.39, 0.29) is 33.5 Å². The molecule has 0 saturated carbocycles. The lowest BCUT2D eigenvalue weighted by Gasteiger charge is -2.12. The molecule has 6 N–H and O–H groups in total. The van der Waals surface area contributed by atoms with Gasteiger partial charge >= 0.3 is 0 Å². The summed E-state index contributed by atoms with van der Waals surface area (Å²) < 4.78 is 11.7. The number of benzene rings is 4. The normalized spacial score (nSPS) is 11.4. The van der Waals surface area contributed by atoms with Gasteiger partial charge in [-0.25, -0.2) is 0 Å². The molecule has 0 atom stereocenters. The van der Waals surface area contributed by atoms with E-state index in [4.69, 9.17) is 8.83 Å². The van der Waals surface area contributed by atoms with Crippen LogP contribution in [-0.2, 0) is 12.8 Å². The van der Waals surface area contributed by atoms with Gasteiger partial charge in [0.25, 0.3) is 0 Å². The Hall–Kier alpha value is -5.90. The van der Waals surface area contributed by atoms with Crippen LogP contribution in [-0.4, -0.2) is 30.6 Å². The van der Waals surface area contributed by atoms with Gasteiger partial charge < -0.3 is 39.5 Å². The summed E-state index contributed by atoms with van der Waals surface area (Å²) >= 11 is 0. The molecule has 0 aliphatic rings. The van der Waals surface area contributed by atoms with Gasteiger partial charge in [0.05, 0.1) is 0 Å². The third-order valence-corrected chi connectivity index (χ3v) is 8.84. The molecule has 0 radical (unpaired) electrons. The fourth-order valence-corrected chi connectivity index (χ4v) is 6.20. The Morgan fingerprint density at radius 3 is 1.14 bits per heavy atom. The number of rotatable bonds is 12. The summed E-state index contributed by atoms with van der Waals surface area (Å²) in [5.74, 6) is -3.32. The first kappa shape index (κ1) is 33.0. The number of fused-ring (bicyclic) bond motifs is 2. The lowest BCUT2D eigenvalue weighted by molar-refractivity contribution is 0.399. The van der Waals surface area contributed by atoms with E-state index in [1.807, 2.05) is 0 Å². The highest BCUT2D eigenvalue weighted by atomic mass is 16.4. The van der Waals surface area contributed by atoms with E-state index in [0.717, 1.165) is 44.9 Å². The van der Waals surface area contributed by atoms with Gasteiger partial charge in [0.1, 0.15) is 21.9 Å². The summed E-state index contributed by atoms with van der Waals surface area (Å²) in [6.07, 6.45) is 6.89. The fraction of sp³-hybridized carbons (Fsp3) is 0.231. The maximum absolute atomic E-state index is 12.8. The average Bonchev–Trinajstić information content (AvgIpc) is 3.11. The van der Waals surface area contributed by atoms with Gasteiger partial charge in [-0.05, 0) is 37.8 Å². The monoisotopic (exact) mass is 664 g/mol. The van der Waals surface area contributed by atoms with Gasteiger partial charge in [-0.15, -0.1) is 0 Å². The van der Waals surface area contributed by atoms with Gasteiger partial charge in [0.2, 0.25) is 22.4 Å². The summed E-state index contributed by atoms with van der Waals surface area (Å²) in [6.45, 7) is 0. The van der Waals surface area contributed by atoms with Crippen molar-refractivity contribution in [2.24, 2.45) is 0 Å². The van der Waals surface area contributed by atoms with Gasteiger partial charge in [0.15, 0.2) is 34.5 Å². The molecule has 2 aromatic heterocycles. The highest BCUT2D eigenvalue weighted by Gasteiger charge is 2.23. The Morgan fingerprint density at radius 1 is 0.429 bits per heavy atom. The number of phenolic OH excluding ortho intramolecular Hbond substituents is 4. The zero-order valence-electron chi connectivity index (χ0n) is 26.6. The van der Waals surface area contributed by atoms with E-state index in [1.165, 1.54) is 12.1 Å². The van der Waals surface area contributed by atoms with E-state index in [2.05, 4.69) is 0 Å². The highest BCUT2D eigenvalue weighted by Crippen LogP contribution is 2.41. The molecule has 0 unspecified atom stereocenters. The minimum atomic E-state index is -0.823. The number of aryl methyl sites for hydroxylation is 2.